The number of nitrogens with one attached hydrogen (secondary N) is 1. The Labute approximate surface area is 115 Å². The van der Waals surface area contributed by atoms with Gasteiger partial charge in [0, 0.05) is 12.1 Å². The maximum Gasteiger partial charge on any atom is 0.175 e. The first-order valence-electron chi connectivity index (χ1n) is 5.67. The zero-order valence-electron chi connectivity index (χ0n) is 10.7. The Morgan fingerprint density at radius 2 is 2.11 bits per heavy atom. The number of methoxy groups -OCH3 is 1. The first-order valence-corrected chi connectivity index (χ1v) is 6.46. The van der Waals surface area contributed by atoms with Gasteiger partial charge in [0.05, 0.1) is 18.5 Å². The molecule has 1 heterocycles. The van der Waals surface area contributed by atoms with Crippen LogP contribution < -0.4 is 10.5 Å². The van der Waals surface area contributed by atoms with Crippen LogP contribution in [0.15, 0.2) is 16.9 Å². The van der Waals surface area contributed by atoms with E-state index in [4.69, 9.17) is 10.5 Å². The molecule has 2 rings (SSSR count). The van der Waals surface area contributed by atoms with Crippen molar-refractivity contribution in [1.29, 1.82) is 0 Å². The van der Waals surface area contributed by atoms with E-state index in [0.29, 0.717) is 11.3 Å². The van der Waals surface area contributed by atoms with Gasteiger partial charge in [0.1, 0.15) is 5.75 Å². The van der Waals surface area contributed by atoms with Crippen LogP contribution in [0, 0.1) is 13.8 Å². The highest BCUT2D eigenvalue weighted by atomic mass is 79.9. The number of halogens is 1. The van der Waals surface area contributed by atoms with Gasteiger partial charge in [0.2, 0.25) is 0 Å². The number of ether oxygens (including phenoxy) is 1. The van der Waals surface area contributed by atoms with E-state index in [2.05, 4.69) is 32.0 Å². The maximum atomic E-state index is 5.74. The highest BCUT2D eigenvalue weighted by Crippen LogP contribution is 2.35. The van der Waals surface area contributed by atoms with E-state index in [-0.39, 0.29) is 0 Å². The zero-order valence-corrected chi connectivity index (χ0v) is 12.3. The summed E-state index contributed by atoms with van der Waals surface area (Å²) in [5, 5.41) is 0. The smallest absolute Gasteiger partial charge is 0.175 e. The number of aryl methyl sites for hydroxylation is 2. The predicted molar refractivity (Wildman–Crippen MR) is 75.6 cm³/mol. The van der Waals surface area contributed by atoms with E-state index >= 15 is 0 Å². The molecule has 0 aliphatic carbocycles. The lowest BCUT2D eigenvalue weighted by atomic mass is 10.0. The van der Waals surface area contributed by atoms with Crippen LogP contribution in [0.2, 0.25) is 0 Å². The number of aromatic amines is 1. The van der Waals surface area contributed by atoms with Crippen molar-refractivity contribution in [3.8, 4) is 17.0 Å². The molecule has 0 aliphatic rings. The fourth-order valence-electron chi connectivity index (χ4n) is 2.12. The SMILES string of the molecule is COc1cc(C)cc(C)c1-c1nc(Br)[nH]c1CN. The fourth-order valence-corrected chi connectivity index (χ4v) is 2.54. The van der Waals surface area contributed by atoms with Crippen molar-refractivity contribution < 1.29 is 4.74 Å². The molecule has 0 aliphatic heterocycles. The molecule has 1 aromatic carbocycles. The normalized spacial score (nSPS) is 10.7. The molecule has 0 radical (unpaired) electrons. The Kier molecular flexibility index (Phi) is 3.73. The molecule has 0 atom stereocenters. The van der Waals surface area contributed by atoms with Gasteiger partial charge in [-0.15, -0.1) is 0 Å². The molecule has 0 bridgehead atoms. The van der Waals surface area contributed by atoms with Crippen molar-refractivity contribution >= 4 is 15.9 Å². The van der Waals surface area contributed by atoms with E-state index in [1.54, 1.807) is 7.11 Å². The summed E-state index contributed by atoms with van der Waals surface area (Å²) in [6.45, 7) is 4.50. The number of benzene rings is 1. The number of hydrogen-bond acceptors (Lipinski definition) is 3. The molecule has 0 saturated heterocycles. The van der Waals surface area contributed by atoms with Gasteiger partial charge in [-0.05, 0) is 47.0 Å². The Hall–Kier alpha value is -1.33. The Balaban J connectivity index is 2.69. The number of aromatic nitrogens is 2. The first-order chi connectivity index (χ1) is 8.56. The van der Waals surface area contributed by atoms with Crippen LogP contribution in [0.5, 0.6) is 5.75 Å². The van der Waals surface area contributed by atoms with E-state index in [0.717, 1.165) is 33.8 Å². The Morgan fingerprint density at radius 1 is 1.39 bits per heavy atom. The quantitative estimate of drug-likeness (QED) is 0.916. The van der Waals surface area contributed by atoms with Gasteiger partial charge >= 0.3 is 0 Å². The van der Waals surface area contributed by atoms with Crippen molar-refractivity contribution in [1.82, 2.24) is 9.97 Å². The second-order valence-electron chi connectivity index (χ2n) is 4.22. The molecule has 0 saturated carbocycles. The lowest BCUT2D eigenvalue weighted by Gasteiger charge is -2.12. The van der Waals surface area contributed by atoms with Crippen LogP contribution in [-0.4, -0.2) is 17.1 Å². The minimum absolute atomic E-state index is 0.407. The molecular weight excluding hydrogens is 294 g/mol. The summed E-state index contributed by atoms with van der Waals surface area (Å²) < 4.78 is 6.14. The van der Waals surface area contributed by atoms with Gasteiger partial charge < -0.3 is 15.5 Å². The summed E-state index contributed by atoms with van der Waals surface area (Å²) in [6, 6.07) is 4.12. The topological polar surface area (TPSA) is 63.9 Å². The van der Waals surface area contributed by atoms with Crippen LogP contribution in [0.3, 0.4) is 0 Å². The summed E-state index contributed by atoms with van der Waals surface area (Å²) in [6.07, 6.45) is 0. The highest BCUT2D eigenvalue weighted by molar-refractivity contribution is 9.10. The number of nitrogens with zero attached hydrogens (tertiary/aromatic N) is 1. The number of imidazole rings is 1. The molecular formula is C13H16BrN3O. The fraction of sp³-hybridized carbons (Fsp3) is 0.308. The predicted octanol–water partition coefficient (Wildman–Crippen LogP) is 2.92. The molecule has 18 heavy (non-hydrogen) atoms. The Morgan fingerprint density at radius 3 is 2.72 bits per heavy atom. The van der Waals surface area contributed by atoms with Gasteiger partial charge in [-0.1, -0.05) is 6.07 Å². The molecule has 2 aromatic rings. The summed E-state index contributed by atoms with van der Waals surface area (Å²) in [4.78, 5) is 7.56. The van der Waals surface area contributed by atoms with Gasteiger partial charge in [-0.3, -0.25) is 0 Å². The lowest BCUT2D eigenvalue weighted by Crippen LogP contribution is -2.01. The van der Waals surface area contributed by atoms with Crippen molar-refractivity contribution in [2.24, 2.45) is 5.73 Å². The van der Waals surface area contributed by atoms with E-state index in [1.807, 2.05) is 19.9 Å². The van der Waals surface area contributed by atoms with Gasteiger partial charge in [-0.2, -0.15) is 0 Å². The van der Waals surface area contributed by atoms with Gasteiger partial charge in [0.25, 0.3) is 0 Å². The van der Waals surface area contributed by atoms with Gasteiger partial charge in [-0.25, -0.2) is 4.98 Å². The summed E-state index contributed by atoms with van der Waals surface area (Å²) >= 11 is 3.34. The van der Waals surface area contributed by atoms with Crippen LogP contribution >= 0.6 is 15.9 Å². The average molecular weight is 310 g/mol. The highest BCUT2D eigenvalue weighted by Gasteiger charge is 2.17. The molecule has 96 valence electrons. The minimum atomic E-state index is 0.407. The largest absolute Gasteiger partial charge is 0.496 e. The number of rotatable bonds is 3. The van der Waals surface area contributed by atoms with E-state index in [1.165, 1.54) is 0 Å². The molecule has 0 amide bonds. The maximum absolute atomic E-state index is 5.74. The van der Waals surface area contributed by atoms with Crippen LogP contribution in [0.4, 0.5) is 0 Å². The molecule has 1 aromatic heterocycles. The van der Waals surface area contributed by atoms with Crippen molar-refractivity contribution in [2.75, 3.05) is 7.11 Å². The first kappa shape index (κ1) is 13.1. The second-order valence-corrected chi connectivity index (χ2v) is 4.97. The van der Waals surface area contributed by atoms with E-state index < -0.39 is 0 Å². The van der Waals surface area contributed by atoms with E-state index in [9.17, 15) is 0 Å². The number of nitrogens with two attached hydrogens (primary N) is 1. The zero-order chi connectivity index (χ0) is 13.3. The molecule has 3 N–H and O–H groups in total. The molecule has 0 unspecified atom stereocenters. The monoisotopic (exact) mass is 309 g/mol. The summed E-state index contributed by atoms with van der Waals surface area (Å²) in [5.74, 6) is 0.821. The van der Waals surface area contributed by atoms with Crippen molar-refractivity contribution in [3.63, 3.8) is 0 Å². The third kappa shape index (κ3) is 2.28. The lowest BCUT2D eigenvalue weighted by molar-refractivity contribution is 0.415. The molecule has 0 spiro atoms. The average Bonchev–Trinajstić information content (AvgIpc) is 2.68. The number of hydrogen-bond donors (Lipinski definition) is 2. The minimum Gasteiger partial charge on any atom is -0.496 e. The standard InChI is InChI=1S/C13H16BrN3O/c1-7-4-8(2)11(10(5-7)18-3)12-9(6-15)16-13(14)17-12/h4-5H,6,15H2,1-3H3,(H,16,17). The third-order valence-corrected chi connectivity index (χ3v) is 3.23. The second kappa shape index (κ2) is 5.12. The molecule has 5 heteroatoms. The van der Waals surface area contributed by atoms with Crippen LogP contribution in [0.25, 0.3) is 11.3 Å². The van der Waals surface area contributed by atoms with Crippen molar-refractivity contribution in [2.45, 2.75) is 20.4 Å². The number of H-pyrrole nitrogens is 1. The van der Waals surface area contributed by atoms with Crippen molar-refractivity contribution in [3.05, 3.63) is 33.7 Å². The van der Waals surface area contributed by atoms with Gasteiger partial charge in [0.15, 0.2) is 4.73 Å². The summed E-state index contributed by atoms with van der Waals surface area (Å²) in [5.41, 5.74) is 10.8. The molecule has 0 fully saturated rings. The Bertz CT molecular complexity index is 578. The van der Waals surface area contributed by atoms with Crippen LogP contribution in [0.1, 0.15) is 16.8 Å². The van der Waals surface area contributed by atoms with Crippen LogP contribution in [-0.2, 0) is 6.54 Å². The molecule has 4 nitrogen and oxygen atoms in total. The third-order valence-electron chi connectivity index (χ3n) is 2.85. The summed E-state index contributed by atoms with van der Waals surface area (Å²) in [7, 11) is 1.67.